The van der Waals surface area contributed by atoms with E-state index in [1.165, 1.54) is 0 Å². The zero-order valence-corrected chi connectivity index (χ0v) is 15.2. The quantitative estimate of drug-likeness (QED) is 0.726. The van der Waals surface area contributed by atoms with Crippen LogP contribution in [0.15, 0.2) is 89.1 Å². The van der Waals surface area contributed by atoms with E-state index in [0.717, 1.165) is 22.3 Å². The number of hydrogen-bond acceptors (Lipinski definition) is 3. The van der Waals surface area contributed by atoms with Gasteiger partial charge < -0.3 is 5.32 Å². The average molecular weight is 369 g/mol. The molecule has 0 aromatic heterocycles. The lowest BCUT2D eigenvalue weighted by atomic mass is 9.99. The largest absolute Gasteiger partial charge is 0.353 e. The molecule has 0 bridgehead atoms. The molecule has 2 amide bonds. The average Bonchev–Trinajstić information content (AvgIpc) is 2.75. The fraction of sp³-hybridized carbons (Fsp3) is 0.130. The van der Waals surface area contributed by atoms with Crippen LogP contribution in [0.25, 0.3) is 11.1 Å². The first kappa shape index (κ1) is 17.8. The van der Waals surface area contributed by atoms with Gasteiger partial charge in [-0.25, -0.2) is 0 Å². The second-order valence-corrected chi connectivity index (χ2v) is 6.67. The Balaban J connectivity index is 1.36. The molecule has 1 heterocycles. The summed E-state index contributed by atoms with van der Waals surface area (Å²) in [6, 6.07) is 25.0. The second kappa shape index (κ2) is 7.96. The third-order valence-corrected chi connectivity index (χ3v) is 4.76. The highest BCUT2D eigenvalue weighted by atomic mass is 16.2. The number of carbonyl (C=O) groups excluding carboxylic acids is 2. The van der Waals surface area contributed by atoms with Crippen molar-refractivity contribution in [2.75, 3.05) is 6.54 Å². The number of nitrogens with one attached hydrogen (secondary N) is 1. The molecule has 28 heavy (non-hydrogen) atoms. The molecular formula is C23H19N3O2. The van der Waals surface area contributed by atoms with E-state index in [-0.39, 0.29) is 17.9 Å². The van der Waals surface area contributed by atoms with Crippen LogP contribution in [0.4, 0.5) is 0 Å². The number of fused-ring (bicyclic) bond motifs is 1. The molecule has 0 aliphatic carbocycles. The van der Waals surface area contributed by atoms with Crippen LogP contribution < -0.4 is 5.32 Å². The monoisotopic (exact) mass is 369 g/mol. The van der Waals surface area contributed by atoms with Gasteiger partial charge in [0.2, 0.25) is 5.91 Å². The molecular weight excluding hydrogens is 350 g/mol. The standard InChI is InChI=1S/C23H19N3O2/c27-22(14-16-10-12-18(13-11-16)17-6-2-1-3-7-17)24-15-21-19-8-4-5-9-20(19)23(28)26-25-21/h1-13,21H,14-15H2,(H,24,27). The van der Waals surface area contributed by atoms with E-state index in [2.05, 4.69) is 27.7 Å². The van der Waals surface area contributed by atoms with Crippen LogP contribution in [0.1, 0.15) is 27.5 Å². The van der Waals surface area contributed by atoms with Crippen LogP contribution in [-0.4, -0.2) is 18.4 Å². The summed E-state index contributed by atoms with van der Waals surface area (Å²) >= 11 is 0. The minimum absolute atomic E-state index is 0.0861. The summed E-state index contributed by atoms with van der Waals surface area (Å²) in [6.07, 6.45) is 0.291. The maximum Gasteiger partial charge on any atom is 0.295 e. The molecule has 5 nitrogen and oxygen atoms in total. The molecule has 1 aliphatic rings. The van der Waals surface area contributed by atoms with E-state index in [4.69, 9.17) is 0 Å². The van der Waals surface area contributed by atoms with Crippen molar-refractivity contribution < 1.29 is 9.59 Å². The van der Waals surface area contributed by atoms with Gasteiger partial charge in [-0.15, -0.1) is 5.11 Å². The fourth-order valence-electron chi connectivity index (χ4n) is 3.28. The molecule has 3 aromatic carbocycles. The molecule has 1 atom stereocenters. The molecule has 1 unspecified atom stereocenters. The minimum Gasteiger partial charge on any atom is -0.353 e. The number of azo groups is 1. The first-order chi connectivity index (χ1) is 13.7. The number of hydrogen-bond donors (Lipinski definition) is 1. The third-order valence-electron chi connectivity index (χ3n) is 4.76. The molecule has 5 heteroatoms. The Morgan fingerprint density at radius 3 is 2.32 bits per heavy atom. The Hall–Kier alpha value is -3.60. The van der Waals surface area contributed by atoms with E-state index in [1.54, 1.807) is 12.1 Å². The second-order valence-electron chi connectivity index (χ2n) is 6.67. The van der Waals surface area contributed by atoms with Crippen LogP contribution in [0.3, 0.4) is 0 Å². The highest BCUT2D eigenvalue weighted by molar-refractivity contribution is 5.97. The smallest absolute Gasteiger partial charge is 0.295 e. The summed E-state index contributed by atoms with van der Waals surface area (Å²) < 4.78 is 0. The highest BCUT2D eigenvalue weighted by Gasteiger charge is 2.23. The van der Waals surface area contributed by atoms with Crippen LogP contribution in [0.5, 0.6) is 0 Å². The summed E-state index contributed by atoms with van der Waals surface area (Å²) in [5.41, 5.74) is 4.56. The van der Waals surface area contributed by atoms with Crippen molar-refractivity contribution >= 4 is 11.8 Å². The van der Waals surface area contributed by atoms with Crippen LogP contribution in [-0.2, 0) is 11.2 Å². The van der Waals surface area contributed by atoms with E-state index < -0.39 is 0 Å². The Bertz CT molecular complexity index is 1030. The van der Waals surface area contributed by atoms with Gasteiger partial charge in [-0.05, 0) is 28.3 Å². The summed E-state index contributed by atoms with van der Waals surface area (Å²) in [5.74, 6) is -0.422. The minimum atomic E-state index is -0.336. The van der Waals surface area contributed by atoms with E-state index in [1.807, 2.05) is 54.6 Å². The Morgan fingerprint density at radius 2 is 1.54 bits per heavy atom. The van der Waals surface area contributed by atoms with Crippen molar-refractivity contribution in [1.29, 1.82) is 0 Å². The molecule has 4 rings (SSSR count). The van der Waals surface area contributed by atoms with Gasteiger partial charge in [-0.2, -0.15) is 5.11 Å². The van der Waals surface area contributed by atoms with Gasteiger partial charge in [-0.3, -0.25) is 9.59 Å². The first-order valence-electron chi connectivity index (χ1n) is 9.16. The molecule has 0 fully saturated rings. The van der Waals surface area contributed by atoms with Crippen molar-refractivity contribution in [2.45, 2.75) is 12.5 Å². The maximum atomic E-state index is 12.3. The third kappa shape index (κ3) is 3.88. The molecule has 1 N–H and O–H groups in total. The van der Waals surface area contributed by atoms with Gasteiger partial charge >= 0.3 is 0 Å². The van der Waals surface area contributed by atoms with Gasteiger partial charge in [0.1, 0.15) is 6.04 Å². The van der Waals surface area contributed by atoms with Crippen LogP contribution in [0, 0.1) is 0 Å². The molecule has 0 radical (unpaired) electrons. The lowest BCUT2D eigenvalue weighted by Gasteiger charge is -2.18. The number of amides is 2. The van der Waals surface area contributed by atoms with Crippen molar-refractivity contribution in [3.63, 3.8) is 0 Å². The highest BCUT2D eigenvalue weighted by Crippen LogP contribution is 2.26. The van der Waals surface area contributed by atoms with Gasteiger partial charge in [-0.1, -0.05) is 72.8 Å². The molecule has 1 aliphatic heterocycles. The number of benzene rings is 3. The van der Waals surface area contributed by atoms with E-state index >= 15 is 0 Å². The van der Waals surface area contributed by atoms with Gasteiger partial charge in [0.05, 0.1) is 6.42 Å². The SMILES string of the molecule is O=C(Cc1ccc(-c2ccccc2)cc1)NCC1N=NC(=O)c2ccccc21. The first-order valence-corrected chi connectivity index (χ1v) is 9.16. The summed E-state index contributed by atoms with van der Waals surface area (Å²) in [5, 5.41) is 10.6. The topological polar surface area (TPSA) is 70.9 Å². The predicted molar refractivity (Wildman–Crippen MR) is 107 cm³/mol. The van der Waals surface area contributed by atoms with E-state index in [9.17, 15) is 9.59 Å². The lowest BCUT2D eigenvalue weighted by molar-refractivity contribution is -0.120. The number of nitrogens with zero attached hydrogens (tertiary/aromatic N) is 2. The Kier molecular flexibility index (Phi) is 5.06. The van der Waals surface area contributed by atoms with Crippen LogP contribution in [0.2, 0.25) is 0 Å². The predicted octanol–water partition coefficient (Wildman–Crippen LogP) is 4.36. The lowest BCUT2D eigenvalue weighted by Crippen LogP contribution is -2.30. The molecule has 3 aromatic rings. The van der Waals surface area contributed by atoms with Crippen molar-refractivity contribution in [3.05, 3.63) is 95.6 Å². The van der Waals surface area contributed by atoms with Crippen molar-refractivity contribution in [1.82, 2.24) is 5.32 Å². The zero-order valence-electron chi connectivity index (χ0n) is 15.2. The summed E-state index contributed by atoms with van der Waals surface area (Å²) in [4.78, 5) is 24.1. The Morgan fingerprint density at radius 1 is 0.857 bits per heavy atom. The zero-order chi connectivity index (χ0) is 19.3. The van der Waals surface area contributed by atoms with Gasteiger partial charge in [0, 0.05) is 12.1 Å². The number of rotatable bonds is 5. The fourth-order valence-corrected chi connectivity index (χ4v) is 3.28. The molecule has 138 valence electrons. The summed E-state index contributed by atoms with van der Waals surface area (Å²) in [7, 11) is 0. The molecule has 0 saturated carbocycles. The van der Waals surface area contributed by atoms with Gasteiger partial charge in [0.15, 0.2) is 0 Å². The Labute approximate surface area is 163 Å². The van der Waals surface area contributed by atoms with Crippen LogP contribution >= 0.6 is 0 Å². The molecule has 0 saturated heterocycles. The van der Waals surface area contributed by atoms with Crippen molar-refractivity contribution in [2.24, 2.45) is 10.2 Å². The van der Waals surface area contributed by atoms with E-state index in [0.29, 0.717) is 18.5 Å². The van der Waals surface area contributed by atoms with Gasteiger partial charge in [0.25, 0.3) is 5.91 Å². The van der Waals surface area contributed by atoms with Crippen molar-refractivity contribution in [3.8, 4) is 11.1 Å². The summed E-state index contributed by atoms with van der Waals surface area (Å²) in [6.45, 7) is 0.314. The maximum absolute atomic E-state index is 12.3. The number of carbonyl (C=O) groups is 2. The molecule has 0 spiro atoms. The normalized spacial score (nSPS) is 15.1.